The molecule has 0 atom stereocenters. The predicted molar refractivity (Wildman–Crippen MR) is 241 cm³/mol. The van der Waals surface area contributed by atoms with Crippen LogP contribution in [-0.2, 0) is 0 Å². The van der Waals surface area contributed by atoms with Crippen molar-refractivity contribution in [2.75, 3.05) is 0 Å². The Kier molecular flexibility index (Phi) is 7.38. The number of thiophene rings is 3. The van der Waals surface area contributed by atoms with E-state index in [1.807, 2.05) is 36.4 Å². The zero-order valence-corrected chi connectivity index (χ0v) is 32.5. The van der Waals surface area contributed by atoms with Gasteiger partial charge in [-0.05, 0) is 30.3 Å². The van der Waals surface area contributed by atoms with E-state index in [9.17, 15) is 0 Å². The van der Waals surface area contributed by atoms with Crippen LogP contribution in [0.4, 0.5) is 0 Å². The van der Waals surface area contributed by atoms with Gasteiger partial charge in [-0.25, -0.2) is 24.9 Å². The molecule has 8 heteroatoms. The summed E-state index contributed by atoms with van der Waals surface area (Å²) in [6.07, 6.45) is 0. The molecule has 0 saturated heterocycles. The maximum absolute atomic E-state index is 5.30. The largest absolute Gasteiger partial charge is 0.226 e. The van der Waals surface area contributed by atoms with Crippen molar-refractivity contribution < 1.29 is 0 Å². The highest BCUT2D eigenvalue weighted by Crippen LogP contribution is 2.45. The smallest absolute Gasteiger partial charge is 0.164 e. The van der Waals surface area contributed by atoms with Gasteiger partial charge in [-0.1, -0.05) is 133 Å². The molecule has 0 aliphatic carbocycles. The third-order valence-electron chi connectivity index (χ3n) is 10.6. The van der Waals surface area contributed by atoms with E-state index in [0.717, 1.165) is 65.7 Å². The molecule has 57 heavy (non-hydrogen) atoms. The van der Waals surface area contributed by atoms with Crippen molar-refractivity contribution >= 4 is 94.7 Å². The van der Waals surface area contributed by atoms with E-state index in [0.29, 0.717) is 17.5 Å². The first-order valence-electron chi connectivity index (χ1n) is 18.7. The normalized spacial score (nSPS) is 11.9. The highest BCUT2D eigenvalue weighted by atomic mass is 32.1. The second-order valence-electron chi connectivity index (χ2n) is 14.0. The summed E-state index contributed by atoms with van der Waals surface area (Å²) in [5, 5.41) is 5.84. The first kappa shape index (κ1) is 32.5. The first-order valence-corrected chi connectivity index (χ1v) is 21.1. The van der Waals surface area contributed by atoms with Gasteiger partial charge in [-0.3, -0.25) is 0 Å². The molecule has 0 aliphatic heterocycles. The van der Waals surface area contributed by atoms with Crippen LogP contribution in [0.15, 0.2) is 164 Å². The fourth-order valence-electron chi connectivity index (χ4n) is 7.96. The van der Waals surface area contributed by atoms with E-state index >= 15 is 0 Å². The maximum Gasteiger partial charge on any atom is 0.164 e. The summed E-state index contributed by atoms with van der Waals surface area (Å²) < 4.78 is 7.11. The number of nitrogens with zero attached hydrogens (tertiary/aromatic N) is 5. The highest BCUT2D eigenvalue weighted by molar-refractivity contribution is 7.27. The van der Waals surface area contributed by atoms with Crippen molar-refractivity contribution in [2.24, 2.45) is 0 Å². The van der Waals surface area contributed by atoms with E-state index in [1.54, 1.807) is 34.0 Å². The van der Waals surface area contributed by atoms with Crippen LogP contribution in [0, 0.1) is 0 Å². The van der Waals surface area contributed by atoms with Crippen LogP contribution in [0.2, 0.25) is 0 Å². The lowest BCUT2D eigenvalue weighted by atomic mass is 10.0. The van der Waals surface area contributed by atoms with Crippen molar-refractivity contribution in [3.63, 3.8) is 0 Å². The predicted octanol–water partition coefficient (Wildman–Crippen LogP) is 14.1. The maximum atomic E-state index is 5.30. The molecule has 0 aliphatic rings. The van der Waals surface area contributed by atoms with E-state index < -0.39 is 0 Å². The summed E-state index contributed by atoms with van der Waals surface area (Å²) in [4.78, 5) is 26.0. The number of aromatic nitrogens is 5. The van der Waals surface area contributed by atoms with Gasteiger partial charge >= 0.3 is 0 Å². The van der Waals surface area contributed by atoms with Crippen LogP contribution in [0.1, 0.15) is 0 Å². The fraction of sp³-hybridized carbons (Fsp3) is 0. The van der Waals surface area contributed by atoms with Gasteiger partial charge in [-0.2, -0.15) is 0 Å². The first-order chi connectivity index (χ1) is 28.2. The van der Waals surface area contributed by atoms with Gasteiger partial charge in [0, 0.05) is 78.2 Å². The quantitative estimate of drug-likeness (QED) is 0.174. The summed E-state index contributed by atoms with van der Waals surface area (Å²) in [6.45, 7) is 0. The zero-order chi connectivity index (χ0) is 37.5. The van der Waals surface area contributed by atoms with Gasteiger partial charge in [0.25, 0.3) is 0 Å². The summed E-state index contributed by atoms with van der Waals surface area (Å²) in [6, 6.07) is 57.2. The number of hydrogen-bond acceptors (Lipinski definition) is 8. The fourth-order valence-corrected chi connectivity index (χ4v) is 11.4. The zero-order valence-electron chi connectivity index (χ0n) is 30.0. The minimum atomic E-state index is 0.649. The average Bonchev–Trinajstić information content (AvgIpc) is 3.97. The Bertz CT molecular complexity index is 3530. The molecule has 5 nitrogen and oxygen atoms in total. The van der Waals surface area contributed by atoms with Crippen LogP contribution in [0.5, 0.6) is 0 Å². The standard InChI is InChI=1S/C49H27N5S3/c1-3-13-28(14-4-1)46-50-43(45-44(51-46)33-18-8-10-22-37(33)57-45)30-25-26-32-40(27-30)56-39-24-12-20-35(42(32)39)49-53-47(29-15-5-2-6-16-29)52-48(54-49)34-19-11-23-38-41(34)31-17-7-9-21-36(31)55-38/h1-27H. The van der Waals surface area contributed by atoms with E-state index in [4.69, 9.17) is 24.9 Å². The molecule has 0 saturated carbocycles. The van der Waals surface area contributed by atoms with Crippen molar-refractivity contribution in [2.45, 2.75) is 0 Å². The Morgan fingerprint density at radius 3 is 1.49 bits per heavy atom. The monoisotopic (exact) mass is 781 g/mol. The lowest BCUT2D eigenvalue weighted by Gasteiger charge is -2.10. The minimum absolute atomic E-state index is 0.649. The second kappa shape index (κ2) is 12.9. The Morgan fingerprint density at radius 1 is 0.316 bits per heavy atom. The Labute approximate surface area is 338 Å². The minimum Gasteiger partial charge on any atom is -0.226 e. The molecule has 0 N–H and O–H groups in total. The van der Waals surface area contributed by atoms with Gasteiger partial charge in [-0.15, -0.1) is 34.0 Å². The van der Waals surface area contributed by atoms with Crippen LogP contribution < -0.4 is 0 Å². The van der Waals surface area contributed by atoms with Crippen molar-refractivity contribution in [3.8, 4) is 56.8 Å². The molecule has 7 aromatic carbocycles. The van der Waals surface area contributed by atoms with Crippen LogP contribution >= 0.6 is 34.0 Å². The van der Waals surface area contributed by atoms with Gasteiger partial charge in [0.1, 0.15) is 0 Å². The number of fused-ring (bicyclic) bond motifs is 9. The Morgan fingerprint density at radius 2 is 0.825 bits per heavy atom. The Balaban J connectivity index is 1.07. The Hall–Kier alpha value is -6.71. The second-order valence-corrected chi connectivity index (χ2v) is 17.2. The molecule has 5 aromatic heterocycles. The molecule has 0 amide bonds. The van der Waals surface area contributed by atoms with E-state index in [-0.39, 0.29) is 0 Å². The summed E-state index contributed by atoms with van der Waals surface area (Å²) in [7, 11) is 0. The molecular weight excluding hydrogens is 755 g/mol. The van der Waals surface area contributed by atoms with E-state index in [2.05, 4.69) is 127 Å². The highest BCUT2D eigenvalue weighted by Gasteiger charge is 2.21. The SMILES string of the molecule is c1ccc(-c2nc(-c3cccc4sc5ccccc5c34)nc(-c3cccc4sc5cc(-c6nc(-c7ccccc7)nc7c6sc6ccccc67)ccc5c34)n2)cc1. The summed E-state index contributed by atoms with van der Waals surface area (Å²) in [5.41, 5.74) is 6.94. The third-order valence-corrected chi connectivity index (χ3v) is 14.0. The van der Waals surface area contributed by atoms with Crippen molar-refractivity contribution in [1.29, 1.82) is 0 Å². The lowest BCUT2D eigenvalue weighted by Crippen LogP contribution is -2.00. The number of rotatable bonds is 5. The number of hydrogen-bond donors (Lipinski definition) is 0. The molecule has 12 rings (SSSR count). The summed E-state index contributed by atoms with van der Waals surface area (Å²) in [5.74, 6) is 2.69. The van der Waals surface area contributed by atoms with Gasteiger partial charge in [0.05, 0.1) is 15.9 Å². The molecular formula is C49H27N5S3. The molecule has 0 bridgehead atoms. The van der Waals surface area contributed by atoms with Crippen LogP contribution in [0.3, 0.4) is 0 Å². The molecule has 0 unspecified atom stereocenters. The summed E-state index contributed by atoms with van der Waals surface area (Å²) >= 11 is 5.34. The average molecular weight is 782 g/mol. The molecule has 5 heterocycles. The van der Waals surface area contributed by atoms with Gasteiger partial charge in [0.15, 0.2) is 23.3 Å². The lowest BCUT2D eigenvalue weighted by molar-refractivity contribution is 1.08. The molecule has 0 spiro atoms. The topological polar surface area (TPSA) is 64.5 Å². The molecule has 266 valence electrons. The van der Waals surface area contributed by atoms with Crippen molar-refractivity contribution in [1.82, 2.24) is 24.9 Å². The molecule has 0 radical (unpaired) electrons. The number of benzene rings is 7. The third kappa shape index (κ3) is 5.29. The van der Waals surface area contributed by atoms with E-state index in [1.165, 1.54) is 34.3 Å². The van der Waals surface area contributed by atoms with Gasteiger partial charge < -0.3 is 0 Å². The molecule has 12 aromatic rings. The van der Waals surface area contributed by atoms with Crippen LogP contribution in [0.25, 0.3) is 117 Å². The van der Waals surface area contributed by atoms with Crippen LogP contribution in [-0.4, -0.2) is 24.9 Å². The molecule has 0 fully saturated rings. The van der Waals surface area contributed by atoms with Crippen molar-refractivity contribution in [3.05, 3.63) is 164 Å². The van der Waals surface area contributed by atoms with Gasteiger partial charge in [0.2, 0.25) is 0 Å².